The van der Waals surface area contributed by atoms with Crippen LogP contribution in [0.25, 0.3) is 0 Å². The van der Waals surface area contributed by atoms with E-state index in [-0.39, 0.29) is 23.3 Å². The lowest BCUT2D eigenvalue weighted by molar-refractivity contribution is -0.385. The zero-order valence-electron chi connectivity index (χ0n) is 30.9. The quantitative estimate of drug-likeness (QED) is 0.0875. The largest absolute Gasteiger partial charge is 0.399 e. The second kappa shape index (κ2) is 17.9. The second-order valence-electron chi connectivity index (χ2n) is 14.2. The highest BCUT2D eigenvalue weighted by Gasteiger charge is 2.33. The topological polar surface area (TPSA) is 127 Å². The standard InChI is InChI=1S/C22H21FN4O2.C22H23FN4/c23-18-15-17(27(28)29)7-8-21(18)26-13-9-16(10-14-26)22(19-5-1-3-11-24-19)20-6-2-4-12-25-20;23-18-15-17(24)7-8-21(18)27-13-9-16(10-14-27)22(19-5-1-3-11-25-19)20-6-2-4-12-26-20/h1-8,11-12,15-16,22H,9-10,13-14H2;1-8,11-12,15-16,22H,9-10,13-14,24H2. The highest BCUT2D eigenvalue weighted by molar-refractivity contribution is 5.55. The minimum absolute atomic E-state index is 0.0845. The number of nitro benzene ring substituents is 1. The van der Waals surface area contributed by atoms with Crippen LogP contribution >= 0.6 is 0 Å². The van der Waals surface area contributed by atoms with Crippen LogP contribution in [0.1, 0.15) is 60.3 Å². The van der Waals surface area contributed by atoms with Gasteiger partial charge in [-0.2, -0.15) is 0 Å². The Morgan fingerprint density at radius 2 is 0.946 bits per heavy atom. The maximum absolute atomic E-state index is 14.4. The average molecular weight is 755 g/mol. The van der Waals surface area contributed by atoms with E-state index in [9.17, 15) is 18.9 Å². The number of nitrogens with zero attached hydrogens (tertiary/aromatic N) is 7. The number of nitro groups is 1. The van der Waals surface area contributed by atoms with E-state index in [1.165, 1.54) is 18.2 Å². The third-order valence-corrected chi connectivity index (χ3v) is 10.8. The molecule has 2 aliphatic heterocycles. The van der Waals surface area contributed by atoms with Gasteiger partial charge in [0.05, 0.1) is 22.4 Å². The summed E-state index contributed by atoms with van der Waals surface area (Å²) in [5.74, 6) is 0.190. The lowest BCUT2D eigenvalue weighted by Gasteiger charge is -2.37. The number of piperidine rings is 2. The highest BCUT2D eigenvalue weighted by atomic mass is 19.1. The van der Waals surface area contributed by atoms with Gasteiger partial charge in [0.1, 0.15) is 5.82 Å². The van der Waals surface area contributed by atoms with Gasteiger partial charge in [0, 0.05) is 97.3 Å². The molecule has 0 spiro atoms. The SMILES string of the molecule is Nc1ccc(N2CCC(C(c3ccccn3)c3ccccn3)CC2)c(F)c1.O=[N+]([O-])c1ccc(N2CCC(C(c3ccccn3)c3ccccn3)CC2)c(F)c1. The number of hydrogen-bond donors (Lipinski definition) is 1. The number of hydrogen-bond acceptors (Lipinski definition) is 9. The van der Waals surface area contributed by atoms with Crippen LogP contribution in [-0.4, -0.2) is 51.0 Å². The molecule has 0 amide bonds. The molecule has 0 bridgehead atoms. The summed E-state index contributed by atoms with van der Waals surface area (Å²) in [6.07, 6.45) is 10.9. The summed E-state index contributed by atoms with van der Waals surface area (Å²) in [7, 11) is 0. The van der Waals surface area contributed by atoms with Crippen molar-refractivity contribution >= 4 is 22.7 Å². The number of rotatable bonds is 9. The maximum Gasteiger partial charge on any atom is 0.272 e. The number of nitrogens with two attached hydrogens (primary N) is 1. The van der Waals surface area contributed by atoms with Crippen LogP contribution in [0.4, 0.5) is 31.5 Å². The molecule has 2 N–H and O–H groups in total. The molecule has 2 saturated heterocycles. The first-order valence-corrected chi connectivity index (χ1v) is 19.0. The number of benzene rings is 2. The Labute approximate surface area is 325 Å². The summed E-state index contributed by atoms with van der Waals surface area (Å²) in [6.45, 7) is 2.97. The molecule has 0 atom stereocenters. The summed E-state index contributed by atoms with van der Waals surface area (Å²) in [5.41, 5.74) is 11.0. The Balaban J connectivity index is 0.000000172. The van der Waals surface area contributed by atoms with Gasteiger partial charge in [0.25, 0.3) is 5.69 Å². The number of nitrogen functional groups attached to an aromatic ring is 1. The smallest absolute Gasteiger partial charge is 0.272 e. The molecule has 0 aliphatic carbocycles. The maximum atomic E-state index is 14.4. The first-order valence-electron chi connectivity index (χ1n) is 19.0. The molecule has 4 aromatic heterocycles. The van der Waals surface area contributed by atoms with Gasteiger partial charge in [0.15, 0.2) is 5.82 Å². The zero-order valence-corrected chi connectivity index (χ0v) is 30.9. The van der Waals surface area contributed by atoms with Gasteiger partial charge in [-0.25, -0.2) is 8.78 Å². The number of non-ortho nitro benzene ring substituents is 1. The third-order valence-electron chi connectivity index (χ3n) is 10.8. The third kappa shape index (κ3) is 8.97. The van der Waals surface area contributed by atoms with Crippen molar-refractivity contribution in [3.05, 3.63) is 179 Å². The van der Waals surface area contributed by atoms with Crippen molar-refractivity contribution in [2.75, 3.05) is 41.7 Å². The van der Waals surface area contributed by atoms with Crippen molar-refractivity contribution in [2.24, 2.45) is 11.8 Å². The lowest BCUT2D eigenvalue weighted by Crippen LogP contribution is -2.36. The first-order chi connectivity index (χ1) is 27.4. The molecule has 6 heterocycles. The molecule has 0 saturated carbocycles. The Hall–Kier alpha value is -6.30. The van der Waals surface area contributed by atoms with Gasteiger partial charge >= 0.3 is 0 Å². The Morgan fingerprint density at radius 3 is 1.27 bits per heavy atom. The lowest BCUT2D eigenvalue weighted by atomic mass is 9.79. The molecule has 10 nitrogen and oxygen atoms in total. The van der Waals surface area contributed by atoms with E-state index >= 15 is 0 Å². The van der Waals surface area contributed by atoms with Crippen molar-refractivity contribution in [3.63, 3.8) is 0 Å². The van der Waals surface area contributed by atoms with Gasteiger partial charge < -0.3 is 15.5 Å². The van der Waals surface area contributed by atoms with E-state index in [4.69, 9.17) is 5.73 Å². The van der Waals surface area contributed by atoms with Crippen LogP contribution in [0.2, 0.25) is 0 Å². The van der Waals surface area contributed by atoms with Crippen molar-refractivity contribution in [1.82, 2.24) is 19.9 Å². The predicted molar refractivity (Wildman–Crippen MR) is 214 cm³/mol. The molecule has 286 valence electrons. The number of anilines is 3. The normalized spacial score (nSPS) is 15.1. The number of halogens is 2. The van der Waals surface area contributed by atoms with Crippen molar-refractivity contribution in [2.45, 2.75) is 37.5 Å². The van der Waals surface area contributed by atoms with E-state index in [0.29, 0.717) is 42.0 Å². The van der Waals surface area contributed by atoms with Crippen LogP contribution in [0.15, 0.2) is 134 Å². The van der Waals surface area contributed by atoms with Gasteiger partial charge in [-0.3, -0.25) is 30.1 Å². The van der Waals surface area contributed by atoms with E-state index in [0.717, 1.165) is 67.6 Å². The van der Waals surface area contributed by atoms with Crippen LogP contribution in [0.5, 0.6) is 0 Å². The molecule has 6 aromatic rings. The molecule has 12 heteroatoms. The minimum atomic E-state index is -0.580. The van der Waals surface area contributed by atoms with Crippen molar-refractivity contribution in [1.29, 1.82) is 0 Å². The Morgan fingerprint density at radius 1 is 0.571 bits per heavy atom. The van der Waals surface area contributed by atoms with Gasteiger partial charge in [-0.15, -0.1) is 0 Å². The molecular weight excluding hydrogens is 711 g/mol. The number of pyridine rings is 4. The van der Waals surface area contributed by atoms with Gasteiger partial charge in [0.2, 0.25) is 0 Å². The number of aromatic nitrogens is 4. The van der Waals surface area contributed by atoms with Crippen molar-refractivity contribution in [3.8, 4) is 0 Å². The summed E-state index contributed by atoms with van der Waals surface area (Å²) in [5, 5.41) is 10.8. The fourth-order valence-corrected chi connectivity index (χ4v) is 8.10. The molecule has 56 heavy (non-hydrogen) atoms. The Kier molecular flexibility index (Phi) is 12.1. The molecule has 0 radical (unpaired) electrons. The predicted octanol–water partition coefficient (Wildman–Crippen LogP) is 8.82. The summed E-state index contributed by atoms with van der Waals surface area (Å²) in [4.78, 5) is 32.7. The van der Waals surface area contributed by atoms with Crippen LogP contribution in [-0.2, 0) is 0 Å². The minimum Gasteiger partial charge on any atom is -0.399 e. The van der Waals surface area contributed by atoms with E-state index in [1.807, 2.05) is 78.0 Å². The van der Waals surface area contributed by atoms with E-state index in [2.05, 4.69) is 37.0 Å². The molecule has 0 unspecified atom stereocenters. The van der Waals surface area contributed by atoms with Crippen molar-refractivity contribution < 1.29 is 13.7 Å². The monoisotopic (exact) mass is 754 g/mol. The second-order valence-corrected chi connectivity index (χ2v) is 14.2. The van der Waals surface area contributed by atoms with Crippen LogP contribution in [0.3, 0.4) is 0 Å². The summed E-state index contributed by atoms with van der Waals surface area (Å²) >= 11 is 0. The van der Waals surface area contributed by atoms with Gasteiger partial charge in [-0.1, -0.05) is 24.3 Å². The fourth-order valence-electron chi connectivity index (χ4n) is 8.10. The molecule has 2 aromatic carbocycles. The molecule has 2 aliphatic rings. The molecular formula is C44H44F2N8O2. The first kappa shape index (κ1) is 38.0. The van der Waals surface area contributed by atoms with Gasteiger partial charge in [-0.05, 0) is 110 Å². The molecule has 2 fully saturated rings. The average Bonchev–Trinajstić information content (AvgIpc) is 3.24. The van der Waals surface area contributed by atoms with Crippen LogP contribution in [0, 0.1) is 33.6 Å². The fraction of sp³-hybridized carbons (Fsp3) is 0.273. The van der Waals surface area contributed by atoms with Crippen LogP contribution < -0.4 is 15.5 Å². The van der Waals surface area contributed by atoms with E-state index in [1.54, 1.807) is 24.5 Å². The molecule has 8 rings (SSSR count). The highest BCUT2D eigenvalue weighted by Crippen LogP contribution is 2.39. The summed E-state index contributed by atoms with van der Waals surface area (Å²) < 4.78 is 28.7. The zero-order chi connectivity index (χ0) is 38.9. The Bertz CT molecular complexity index is 2090. The van der Waals surface area contributed by atoms with E-state index < -0.39 is 10.7 Å². The summed E-state index contributed by atoms with van der Waals surface area (Å²) in [6, 6.07) is 32.7.